The number of ether oxygens (including phenoxy) is 1. The maximum Gasteiger partial charge on any atom is 0.144 e. The van der Waals surface area contributed by atoms with Crippen molar-refractivity contribution in [3.8, 4) is 0 Å². The molecule has 2 saturated heterocycles. The minimum atomic E-state index is 0.0332. The second kappa shape index (κ2) is 2.44. The molecule has 2 aliphatic heterocycles. The fourth-order valence-corrected chi connectivity index (χ4v) is 2.19. The predicted octanol–water partition coefficient (Wildman–Crippen LogP) is 0.0744. The number of hydrogen-bond acceptors (Lipinski definition) is 3. The Morgan fingerprint density at radius 3 is 2.58 bits per heavy atom. The molecule has 1 saturated carbocycles. The van der Waals surface area contributed by atoms with Gasteiger partial charge < -0.3 is 10.1 Å². The summed E-state index contributed by atoms with van der Waals surface area (Å²) >= 11 is 0. The largest absolute Gasteiger partial charge is 0.354 e. The van der Waals surface area contributed by atoms with Crippen molar-refractivity contribution in [2.24, 2.45) is 5.92 Å². The predicted molar refractivity (Wildman–Crippen MR) is 45.8 cm³/mol. The van der Waals surface area contributed by atoms with Crippen molar-refractivity contribution in [1.29, 1.82) is 0 Å². The average molecular weight is 168 g/mol. The summed E-state index contributed by atoms with van der Waals surface area (Å²) in [7, 11) is 0. The van der Waals surface area contributed by atoms with Crippen molar-refractivity contribution in [2.45, 2.75) is 31.1 Å². The summed E-state index contributed by atoms with van der Waals surface area (Å²) in [4.78, 5) is 0. The third kappa shape index (κ3) is 1.08. The van der Waals surface area contributed by atoms with Gasteiger partial charge in [0.2, 0.25) is 0 Å². The zero-order chi connectivity index (χ0) is 8.02. The molecule has 2 N–H and O–H groups in total. The molecular weight excluding hydrogens is 152 g/mol. The van der Waals surface area contributed by atoms with Crippen LogP contribution in [0.2, 0.25) is 0 Å². The first kappa shape index (κ1) is 7.30. The van der Waals surface area contributed by atoms with Gasteiger partial charge in [0.05, 0.1) is 6.10 Å². The molecule has 0 aromatic heterocycles. The first-order valence-electron chi connectivity index (χ1n) is 5.02. The molecule has 0 aromatic rings. The summed E-state index contributed by atoms with van der Waals surface area (Å²) < 4.78 is 6.06. The van der Waals surface area contributed by atoms with Gasteiger partial charge in [0.1, 0.15) is 5.72 Å². The Hall–Kier alpha value is -0.120. The highest BCUT2D eigenvalue weighted by Crippen LogP contribution is 2.39. The minimum absolute atomic E-state index is 0.0332. The van der Waals surface area contributed by atoms with Crippen LogP contribution in [0.5, 0.6) is 0 Å². The molecule has 1 atom stereocenters. The van der Waals surface area contributed by atoms with E-state index in [-0.39, 0.29) is 5.72 Å². The van der Waals surface area contributed by atoms with Gasteiger partial charge in [-0.1, -0.05) is 0 Å². The van der Waals surface area contributed by atoms with E-state index in [1.165, 1.54) is 19.3 Å². The van der Waals surface area contributed by atoms with Crippen LogP contribution in [-0.2, 0) is 4.74 Å². The SMILES string of the molecule is C1CC(C2CC2)OC2(CNC2)N1. The van der Waals surface area contributed by atoms with Crippen LogP contribution in [0.4, 0.5) is 0 Å². The van der Waals surface area contributed by atoms with Crippen LogP contribution in [0.25, 0.3) is 0 Å². The van der Waals surface area contributed by atoms with Gasteiger partial charge in [-0.3, -0.25) is 5.32 Å². The van der Waals surface area contributed by atoms with E-state index in [1.807, 2.05) is 0 Å². The number of hydrogen-bond donors (Lipinski definition) is 2. The highest BCUT2D eigenvalue weighted by molar-refractivity contribution is 4.98. The first-order valence-corrected chi connectivity index (χ1v) is 5.02. The van der Waals surface area contributed by atoms with Crippen LogP contribution >= 0.6 is 0 Å². The van der Waals surface area contributed by atoms with Gasteiger partial charge in [-0.25, -0.2) is 0 Å². The second-order valence-corrected chi connectivity index (χ2v) is 4.31. The van der Waals surface area contributed by atoms with E-state index in [2.05, 4.69) is 10.6 Å². The summed E-state index contributed by atoms with van der Waals surface area (Å²) in [5.74, 6) is 0.893. The Morgan fingerprint density at radius 2 is 2.00 bits per heavy atom. The molecule has 1 aliphatic carbocycles. The maximum atomic E-state index is 6.06. The maximum absolute atomic E-state index is 6.06. The van der Waals surface area contributed by atoms with Crippen molar-refractivity contribution in [2.75, 3.05) is 19.6 Å². The second-order valence-electron chi connectivity index (χ2n) is 4.31. The Bertz CT molecular complexity index is 187. The molecule has 3 fully saturated rings. The summed E-state index contributed by atoms with van der Waals surface area (Å²) in [5.41, 5.74) is 0.0332. The minimum Gasteiger partial charge on any atom is -0.354 e. The van der Waals surface area contributed by atoms with Crippen LogP contribution in [-0.4, -0.2) is 31.5 Å². The van der Waals surface area contributed by atoms with E-state index in [0.29, 0.717) is 6.10 Å². The smallest absolute Gasteiger partial charge is 0.144 e. The van der Waals surface area contributed by atoms with E-state index < -0.39 is 0 Å². The lowest BCUT2D eigenvalue weighted by Gasteiger charge is -2.48. The third-order valence-electron chi connectivity index (χ3n) is 3.22. The number of nitrogens with one attached hydrogen (secondary N) is 2. The molecule has 3 rings (SSSR count). The van der Waals surface area contributed by atoms with Gasteiger partial charge in [-0.05, 0) is 25.2 Å². The molecule has 1 spiro atoms. The van der Waals surface area contributed by atoms with Gasteiger partial charge in [-0.2, -0.15) is 0 Å². The molecule has 0 radical (unpaired) electrons. The van der Waals surface area contributed by atoms with Crippen LogP contribution in [0.1, 0.15) is 19.3 Å². The molecular formula is C9H16N2O. The van der Waals surface area contributed by atoms with Crippen molar-refractivity contribution < 1.29 is 4.74 Å². The molecule has 3 aliphatic rings. The fourth-order valence-electron chi connectivity index (χ4n) is 2.19. The van der Waals surface area contributed by atoms with Crippen LogP contribution < -0.4 is 10.6 Å². The lowest BCUT2D eigenvalue weighted by Crippen LogP contribution is -2.72. The van der Waals surface area contributed by atoms with Crippen molar-refractivity contribution >= 4 is 0 Å². The molecule has 0 aromatic carbocycles. The zero-order valence-electron chi connectivity index (χ0n) is 7.31. The number of rotatable bonds is 1. The summed E-state index contributed by atoms with van der Waals surface area (Å²) in [6.45, 7) is 3.13. The first-order chi connectivity index (χ1) is 5.88. The summed E-state index contributed by atoms with van der Waals surface area (Å²) in [6, 6.07) is 0. The van der Waals surface area contributed by atoms with Gasteiger partial charge in [-0.15, -0.1) is 0 Å². The van der Waals surface area contributed by atoms with E-state index in [1.54, 1.807) is 0 Å². The standard InChI is InChI=1S/C9H16N2O/c1-2-7(1)8-3-4-11-9(12-8)5-10-6-9/h7-8,10-11H,1-6H2. The Kier molecular flexibility index (Phi) is 1.48. The van der Waals surface area contributed by atoms with Crippen LogP contribution in [0.15, 0.2) is 0 Å². The monoisotopic (exact) mass is 168 g/mol. The normalized spacial score (nSPS) is 39.5. The van der Waals surface area contributed by atoms with Crippen molar-refractivity contribution in [3.05, 3.63) is 0 Å². The highest BCUT2D eigenvalue weighted by Gasteiger charge is 2.46. The van der Waals surface area contributed by atoms with Gasteiger partial charge in [0, 0.05) is 19.6 Å². The molecule has 0 amide bonds. The summed E-state index contributed by atoms with van der Waals surface area (Å²) in [5, 5.41) is 6.72. The Balaban J connectivity index is 1.66. The molecule has 68 valence electrons. The topological polar surface area (TPSA) is 33.3 Å². The molecule has 12 heavy (non-hydrogen) atoms. The van der Waals surface area contributed by atoms with Crippen LogP contribution in [0.3, 0.4) is 0 Å². The van der Waals surface area contributed by atoms with Gasteiger partial charge in [0.25, 0.3) is 0 Å². The van der Waals surface area contributed by atoms with Gasteiger partial charge in [0.15, 0.2) is 0 Å². The average Bonchev–Trinajstić information content (AvgIpc) is 2.84. The van der Waals surface area contributed by atoms with Crippen molar-refractivity contribution in [1.82, 2.24) is 10.6 Å². The summed E-state index contributed by atoms with van der Waals surface area (Å²) in [6.07, 6.45) is 4.57. The van der Waals surface area contributed by atoms with Crippen molar-refractivity contribution in [3.63, 3.8) is 0 Å². The lowest BCUT2D eigenvalue weighted by molar-refractivity contribution is -0.173. The Morgan fingerprint density at radius 1 is 1.17 bits per heavy atom. The van der Waals surface area contributed by atoms with E-state index in [4.69, 9.17) is 4.74 Å². The lowest BCUT2D eigenvalue weighted by atomic mass is 10.0. The highest BCUT2D eigenvalue weighted by atomic mass is 16.5. The van der Waals surface area contributed by atoms with Gasteiger partial charge >= 0.3 is 0 Å². The van der Waals surface area contributed by atoms with E-state index in [9.17, 15) is 0 Å². The third-order valence-corrected chi connectivity index (χ3v) is 3.22. The van der Waals surface area contributed by atoms with E-state index in [0.717, 1.165) is 25.6 Å². The van der Waals surface area contributed by atoms with E-state index >= 15 is 0 Å². The zero-order valence-corrected chi connectivity index (χ0v) is 7.31. The molecule has 0 bridgehead atoms. The fraction of sp³-hybridized carbons (Fsp3) is 1.00. The quantitative estimate of drug-likeness (QED) is 0.581. The van der Waals surface area contributed by atoms with Crippen LogP contribution in [0, 0.1) is 5.92 Å². The molecule has 1 unspecified atom stereocenters. The Labute approximate surface area is 72.9 Å². The molecule has 3 nitrogen and oxygen atoms in total. The molecule has 2 heterocycles. The molecule has 3 heteroatoms.